The van der Waals surface area contributed by atoms with Gasteiger partial charge in [-0.25, -0.2) is 8.42 Å². The summed E-state index contributed by atoms with van der Waals surface area (Å²) < 4.78 is 28.3. The first-order chi connectivity index (χ1) is 11.8. The number of rotatable bonds is 3. The van der Waals surface area contributed by atoms with Gasteiger partial charge in [-0.2, -0.15) is 9.40 Å². The number of hydrogen-bond donors (Lipinski definition) is 0. The molecule has 1 aromatic carbocycles. The lowest BCUT2D eigenvalue weighted by Gasteiger charge is -2.33. The molecule has 1 aliphatic heterocycles. The van der Waals surface area contributed by atoms with E-state index in [0.29, 0.717) is 23.7 Å². The molecule has 7 nitrogen and oxygen atoms in total. The molecule has 1 amide bonds. The number of benzene rings is 1. The summed E-state index contributed by atoms with van der Waals surface area (Å²) in [5.74, 6) is -0.153. The second kappa shape index (κ2) is 6.95. The summed E-state index contributed by atoms with van der Waals surface area (Å²) in [7, 11) is -1.94. The Kier molecular flexibility index (Phi) is 5.06. The number of aryl methyl sites for hydroxylation is 1. The molecule has 0 saturated carbocycles. The molecular weight excluding hydrogens is 387 g/mol. The van der Waals surface area contributed by atoms with Gasteiger partial charge in [-0.3, -0.25) is 9.48 Å². The maximum atomic E-state index is 12.7. The highest BCUT2D eigenvalue weighted by Crippen LogP contribution is 2.27. The Bertz CT molecular complexity index is 905. The van der Waals surface area contributed by atoms with Crippen LogP contribution in [0.5, 0.6) is 0 Å². The van der Waals surface area contributed by atoms with Gasteiger partial charge >= 0.3 is 0 Å². The molecule has 0 bridgehead atoms. The predicted molar refractivity (Wildman–Crippen MR) is 94.3 cm³/mol. The van der Waals surface area contributed by atoms with Crippen molar-refractivity contribution in [2.24, 2.45) is 7.05 Å². The molecule has 0 N–H and O–H groups in total. The minimum atomic E-state index is -3.68. The molecule has 1 fully saturated rings. The van der Waals surface area contributed by atoms with Crippen molar-refractivity contribution in [1.82, 2.24) is 19.0 Å². The van der Waals surface area contributed by atoms with E-state index in [2.05, 4.69) is 5.10 Å². The molecule has 1 saturated heterocycles. The minimum Gasteiger partial charge on any atom is -0.336 e. The quantitative estimate of drug-likeness (QED) is 0.784. The Hall–Kier alpha value is -1.61. The summed E-state index contributed by atoms with van der Waals surface area (Å²) >= 11 is 11.8. The van der Waals surface area contributed by atoms with Gasteiger partial charge in [0, 0.05) is 39.4 Å². The van der Waals surface area contributed by atoms with Crippen LogP contribution in [-0.2, 0) is 17.1 Å². The zero-order chi connectivity index (χ0) is 18.2. The SMILES string of the molecule is Cn1cc(C(=O)N2CCN(S(=O)(=O)c3ccc(Cl)c(Cl)c3)CC2)cn1. The average molecular weight is 403 g/mol. The smallest absolute Gasteiger partial charge is 0.257 e. The van der Waals surface area contributed by atoms with Crippen molar-refractivity contribution in [3.05, 3.63) is 46.2 Å². The second-order valence-electron chi connectivity index (χ2n) is 5.67. The zero-order valence-electron chi connectivity index (χ0n) is 13.4. The highest BCUT2D eigenvalue weighted by molar-refractivity contribution is 7.89. The van der Waals surface area contributed by atoms with Crippen molar-refractivity contribution < 1.29 is 13.2 Å². The van der Waals surface area contributed by atoms with Gasteiger partial charge < -0.3 is 4.90 Å². The highest BCUT2D eigenvalue weighted by atomic mass is 35.5. The number of sulfonamides is 1. The summed E-state index contributed by atoms with van der Waals surface area (Å²) in [6, 6.07) is 4.22. The van der Waals surface area contributed by atoms with Crippen LogP contribution in [0.15, 0.2) is 35.5 Å². The van der Waals surface area contributed by atoms with Crippen molar-refractivity contribution >= 4 is 39.1 Å². The first-order valence-electron chi connectivity index (χ1n) is 7.52. The fourth-order valence-corrected chi connectivity index (χ4v) is 4.44. The van der Waals surface area contributed by atoms with Gasteiger partial charge in [0.15, 0.2) is 0 Å². The third-order valence-electron chi connectivity index (χ3n) is 4.01. The van der Waals surface area contributed by atoms with Crippen LogP contribution < -0.4 is 0 Å². The Morgan fingerprint density at radius 1 is 1.12 bits per heavy atom. The molecule has 1 aromatic heterocycles. The molecule has 0 unspecified atom stereocenters. The molecule has 3 rings (SSSR count). The van der Waals surface area contributed by atoms with Crippen molar-refractivity contribution in [2.45, 2.75) is 4.90 Å². The van der Waals surface area contributed by atoms with Gasteiger partial charge in [-0.1, -0.05) is 23.2 Å². The van der Waals surface area contributed by atoms with E-state index in [1.54, 1.807) is 22.8 Å². The molecule has 0 spiro atoms. The predicted octanol–water partition coefficient (Wildman–Crippen LogP) is 1.87. The normalized spacial score (nSPS) is 16.2. The topological polar surface area (TPSA) is 75.5 Å². The molecule has 0 radical (unpaired) electrons. The number of carbonyl (C=O) groups is 1. The summed E-state index contributed by atoms with van der Waals surface area (Å²) in [5.41, 5.74) is 0.489. The number of halogens is 2. The first-order valence-corrected chi connectivity index (χ1v) is 9.72. The van der Waals surface area contributed by atoms with Gasteiger partial charge in [0.1, 0.15) is 0 Å². The van der Waals surface area contributed by atoms with Crippen LogP contribution in [0.1, 0.15) is 10.4 Å². The molecule has 2 heterocycles. The molecule has 134 valence electrons. The molecule has 2 aromatic rings. The second-order valence-corrected chi connectivity index (χ2v) is 8.43. The fraction of sp³-hybridized carbons (Fsp3) is 0.333. The third-order valence-corrected chi connectivity index (χ3v) is 6.64. The van der Waals surface area contributed by atoms with Crippen LogP contribution in [0.2, 0.25) is 10.0 Å². The summed E-state index contributed by atoms with van der Waals surface area (Å²) in [4.78, 5) is 14.1. The van der Waals surface area contributed by atoms with E-state index in [-0.39, 0.29) is 28.9 Å². The Morgan fingerprint density at radius 2 is 1.80 bits per heavy atom. The van der Waals surface area contributed by atoms with Crippen molar-refractivity contribution in [2.75, 3.05) is 26.2 Å². The van der Waals surface area contributed by atoms with Gasteiger partial charge in [-0.05, 0) is 18.2 Å². The van der Waals surface area contributed by atoms with Crippen LogP contribution in [0.4, 0.5) is 0 Å². The van der Waals surface area contributed by atoms with Crippen molar-refractivity contribution in [1.29, 1.82) is 0 Å². The van der Waals surface area contributed by atoms with Crippen molar-refractivity contribution in [3.63, 3.8) is 0 Å². The summed E-state index contributed by atoms with van der Waals surface area (Å²) in [6.07, 6.45) is 3.14. The molecule has 25 heavy (non-hydrogen) atoms. The largest absolute Gasteiger partial charge is 0.336 e. The van der Waals surface area contributed by atoms with E-state index in [4.69, 9.17) is 23.2 Å². The zero-order valence-corrected chi connectivity index (χ0v) is 15.7. The van der Waals surface area contributed by atoms with E-state index in [0.717, 1.165) is 0 Å². The number of hydrogen-bond acceptors (Lipinski definition) is 4. The fourth-order valence-electron chi connectivity index (χ4n) is 2.63. The Balaban J connectivity index is 1.71. The molecule has 1 aliphatic rings. The number of nitrogens with zero attached hydrogens (tertiary/aromatic N) is 4. The number of piperazine rings is 1. The van der Waals surface area contributed by atoms with E-state index in [9.17, 15) is 13.2 Å². The van der Waals surface area contributed by atoms with Gasteiger partial charge in [0.2, 0.25) is 10.0 Å². The Labute approximate surface area is 155 Å². The summed E-state index contributed by atoms with van der Waals surface area (Å²) in [5, 5.41) is 4.47. The molecular formula is C15H16Cl2N4O3S. The molecule has 0 atom stereocenters. The summed E-state index contributed by atoms with van der Waals surface area (Å²) in [6.45, 7) is 1.06. The standard InChI is InChI=1S/C15H16Cl2N4O3S/c1-19-10-11(9-18-19)15(22)20-4-6-21(7-5-20)25(23,24)12-2-3-13(16)14(17)8-12/h2-3,8-10H,4-7H2,1H3. The van der Waals surface area contributed by atoms with Crippen LogP contribution >= 0.6 is 23.2 Å². The number of carbonyl (C=O) groups excluding carboxylic acids is 1. The van der Waals surface area contributed by atoms with Gasteiger partial charge in [0.05, 0.1) is 26.7 Å². The average Bonchev–Trinajstić information content (AvgIpc) is 3.03. The van der Waals surface area contributed by atoms with Crippen LogP contribution in [0, 0.1) is 0 Å². The Morgan fingerprint density at radius 3 is 2.36 bits per heavy atom. The van der Waals surface area contributed by atoms with Crippen LogP contribution in [0.3, 0.4) is 0 Å². The van der Waals surface area contributed by atoms with Crippen LogP contribution in [0.25, 0.3) is 0 Å². The lowest BCUT2D eigenvalue weighted by molar-refractivity contribution is 0.0698. The first kappa shape index (κ1) is 18.2. The maximum Gasteiger partial charge on any atom is 0.257 e. The molecule has 10 heteroatoms. The highest BCUT2D eigenvalue weighted by Gasteiger charge is 2.31. The monoisotopic (exact) mass is 402 g/mol. The van der Waals surface area contributed by atoms with E-state index in [1.165, 1.54) is 28.7 Å². The molecule has 0 aliphatic carbocycles. The lowest BCUT2D eigenvalue weighted by atomic mass is 10.2. The lowest BCUT2D eigenvalue weighted by Crippen LogP contribution is -2.50. The van der Waals surface area contributed by atoms with Gasteiger partial charge in [0.25, 0.3) is 5.91 Å². The van der Waals surface area contributed by atoms with Crippen LogP contribution in [-0.4, -0.2) is 59.5 Å². The van der Waals surface area contributed by atoms with E-state index >= 15 is 0 Å². The third kappa shape index (κ3) is 3.67. The number of amides is 1. The van der Waals surface area contributed by atoms with Gasteiger partial charge in [-0.15, -0.1) is 0 Å². The van der Waals surface area contributed by atoms with Crippen molar-refractivity contribution in [3.8, 4) is 0 Å². The van der Waals surface area contributed by atoms with E-state index in [1.807, 2.05) is 0 Å². The maximum absolute atomic E-state index is 12.7. The van der Waals surface area contributed by atoms with E-state index < -0.39 is 10.0 Å². The number of aromatic nitrogens is 2. The minimum absolute atomic E-state index is 0.0916.